The number of amides is 1. The number of carbonyl (C=O) groups is 1. The molecule has 0 spiro atoms. The van der Waals surface area contributed by atoms with Gasteiger partial charge in [0.05, 0.1) is 6.61 Å². The van der Waals surface area contributed by atoms with E-state index in [2.05, 4.69) is 0 Å². The maximum atomic E-state index is 12.6. The van der Waals surface area contributed by atoms with E-state index in [-0.39, 0.29) is 18.6 Å². The van der Waals surface area contributed by atoms with E-state index in [0.29, 0.717) is 10.3 Å². The lowest BCUT2D eigenvalue weighted by Gasteiger charge is -2.17. The average Bonchev–Trinajstić information content (AvgIpc) is 2.37. The van der Waals surface area contributed by atoms with Gasteiger partial charge in [-0.25, -0.2) is 5.84 Å². The fraction of sp³-hybridized carbons (Fsp3) is 0.300. The van der Waals surface area contributed by atoms with Gasteiger partial charge in [0.2, 0.25) is 13.3 Å². The second kappa shape index (κ2) is 7.12. The number of nitrogens with two attached hydrogens (primary N) is 1. The summed E-state index contributed by atoms with van der Waals surface area (Å²) in [5.41, 5.74) is 1.93. The SMILES string of the molecule is NNC(=O)CP(=O)(OCCCl)c1ccc(Cl)cc1. The molecule has 1 unspecified atom stereocenters. The summed E-state index contributed by atoms with van der Waals surface area (Å²) in [7, 11) is -3.32. The molecule has 100 valence electrons. The zero-order valence-electron chi connectivity index (χ0n) is 9.44. The van der Waals surface area contributed by atoms with Crippen LogP contribution in [0.3, 0.4) is 0 Å². The Morgan fingerprint density at radius 3 is 2.50 bits per heavy atom. The van der Waals surface area contributed by atoms with Crippen LogP contribution in [0, 0.1) is 0 Å². The van der Waals surface area contributed by atoms with Crippen LogP contribution in [0.5, 0.6) is 0 Å². The first-order valence-corrected chi connectivity index (χ1v) is 7.79. The minimum atomic E-state index is -3.32. The molecule has 0 aliphatic rings. The van der Waals surface area contributed by atoms with Crippen molar-refractivity contribution in [3.8, 4) is 0 Å². The van der Waals surface area contributed by atoms with E-state index in [1.807, 2.05) is 5.43 Å². The van der Waals surface area contributed by atoms with Crippen molar-refractivity contribution in [2.75, 3.05) is 18.6 Å². The summed E-state index contributed by atoms with van der Waals surface area (Å²) in [6.45, 7) is 0.0826. The highest BCUT2D eigenvalue weighted by molar-refractivity contribution is 7.67. The van der Waals surface area contributed by atoms with Crippen molar-refractivity contribution < 1.29 is 13.9 Å². The standard InChI is InChI=1S/C10H13Cl2N2O3P/c11-5-6-17-18(16,7-10(15)14-13)9-3-1-8(12)2-4-9/h1-4H,5-7,13H2,(H,14,15). The second-order valence-electron chi connectivity index (χ2n) is 3.40. The minimum absolute atomic E-state index is 0.0826. The van der Waals surface area contributed by atoms with E-state index in [1.54, 1.807) is 24.3 Å². The van der Waals surface area contributed by atoms with Crippen molar-refractivity contribution in [3.05, 3.63) is 29.3 Å². The minimum Gasteiger partial charge on any atom is -0.324 e. The van der Waals surface area contributed by atoms with Gasteiger partial charge >= 0.3 is 0 Å². The Kier molecular flexibility index (Phi) is 6.12. The second-order valence-corrected chi connectivity index (χ2v) is 6.65. The molecule has 0 saturated heterocycles. The normalized spacial score (nSPS) is 13.9. The van der Waals surface area contributed by atoms with Gasteiger partial charge in [-0.05, 0) is 24.3 Å². The number of alkyl halides is 1. The van der Waals surface area contributed by atoms with Crippen molar-refractivity contribution in [2.24, 2.45) is 5.84 Å². The molecule has 8 heteroatoms. The summed E-state index contributed by atoms with van der Waals surface area (Å²) in [6.07, 6.45) is -0.331. The van der Waals surface area contributed by atoms with Crippen molar-refractivity contribution in [1.82, 2.24) is 5.43 Å². The first-order valence-electron chi connectivity index (χ1n) is 5.07. The van der Waals surface area contributed by atoms with E-state index in [0.717, 1.165) is 0 Å². The number of hydrazine groups is 1. The van der Waals surface area contributed by atoms with Gasteiger partial charge in [-0.15, -0.1) is 11.6 Å². The summed E-state index contributed by atoms with van der Waals surface area (Å²) < 4.78 is 17.9. The van der Waals surface area contributed by atoms with Gasteiger partial charge in [-0.3, -0.25) is 14.8 Å². The number of rotatable bonds is 6. The molecule has 1 amide bonds. The summed E-state index contributed by atoms with van der Waals surface area (Å²) in [4.78, 5) is 11.3. The number of benzene rings is 1. The Hall–Kier alpha value is -0.580. The third-order valence-electron chi connectivity index (χ3n) is 2.11. The van der Waals surface area contributed by atoms with Gasteiger partial charge in [0.15, 0.2) is 0 Å². The van der Waals surface area contributed by atoms with E-state index >= 15 is 0 Å². The number of nitrogens with one attached hydrogen (secondary N) is 1. The number of hydrogen-bond acceptors (Lipinski definition) is 4. The van der Waals surface area contributed by atoms with Gasteiger partial charge in [-0.2, -0.15) is 0 Å². The van der Waals surface area contributed by atoms with Crippen LogP contribution in [0.4, 0.5) is 0 Å². The maximum absolute atomic E-state index is 12.6. The molecule has 0 heterocycles. The van der Waals surface area contributed by atoms with Gasteiger partial charge in [-0.1, -0.05) is 11.6 Å². The predicted octanol–water partition coefficient (Wildman–Crippen LogP) is 1.49. The Morgan fingerprint density at radius 2 is 2.00 bits per heavy atom. The molecule has 0 aliphatic heterocycles. The quantitative estimate of drug-likeness (QED) is 0.274. The Balaban J connectivity index is 2.99. The van der Waals surface area contributed by atoms with Crippen molar-refractivity contribution in [1.29, 1.82) is 0 Å². The molecule has 0 aliphatic carbocycles. The third-order valence-corrected chi connectivity index (χ3v) is 4.90. The summed E-state index contributed by atoms with van der Waals surface area (Å²) in [5.74, 6) is 4.60. The van der Waals surface area contributed by atoms with Crippen LogP contribution < -0.4 is 16.6 Å². The lowest BCUT2D eigenvalue weighted by molar-refractivity contribution is -0.118. The summed E-state index contributed by atoms with van der Waals surface area (Å²) in [6, 6.07) is 6.27. The van der Waals surface area contributed by atoms with Gasteiger partial charge < -0.3 is 4.52 Å². The lowest BCUT2D eigenvalue weighted by Crippen LogP contribution is -2.34. The highest BCUT2D eigenvalue weighted by Gasteiger charge is 2.29. The van der Waals surface area contributed by atoms with E-state index in [4.69, 9.17) is 33.6 Å². The lowest BCUT2D eigenvalue weighted by atomic mass is 10.4. The molecule has 0 fully saturated rings. The molecule has 1 aromatic rings. The van der Waals surface area contributed by atoms with Crippen LogP contribution in [-0.4, -0.2) is 24.6 Å². The molecule has 0 radical (unpaired) electrons. The third kappa shape index (κ3) is 4.26. The fourth-order valence-electron chi connectivity index (χ4n) is 1.30. The fourth-order valence-corrected chi connectivity index (χ4v) is 3.49. The van der Waals surface area contributed by atoms with Crippen molar-refractivity contribution >= 4 is 41.8 Å². The number of halogens is 2. The van der Waals surface area contributed by atoms with Gasteiger partial charge in [0, 0.05) is 16.2 Å². The van der Waals surface area contributed by atoms with Gasteiger partial charge in [0.25, 0.3) is 0 Å². The molecule has 0 bridgehead atoms. The topological polar surface area (TPSA) is 81.4 Å². The highest BCUT2D eigenvalue weighted by atomic mass is 35.5. The van der Waals surface area contributed by atoms with Crippen molar-refractivity contribution in [3.63, 3.8) is 0 Å². The zero-order chi connectivity index (χ0) is 13.6. The molecular formula is C10H13Cl2N2O3P. The van der Waals surface area contributed by atoms with Crippen LogP contribution in [0.15, 0.2) is 24.3 Å². The molecule has 1 rings (SSSR count). The smallest absolute Gasteiger partial charge is 0.243 e. The first kappa shape index (κ1) is 15.5. The largest absolute Gasteiger partial charge is 0.324 e. The molecule has 0 saturated carbocycles. The average molecular weight is 311 g/mol. The van der Waals surface area contributed by atoms with Crippen molar-refractivity contribution in [2.45, 2.75) is 0 Å². The monoisotopic (exact) mass is 310 g/mol. The Labute approximate surface area is 115 Å². The van der Waals surface area contributed by atoms with E-state index < -0.39 is 13.3 Å². The number of hydrogen-bond donors (Lipinski definition) is 2. The predicted molar refractivity (Wildman–Crippen MR) is 72.6 cm³/mol. The number of carbonyl (C=O) groups excluding carboxylic acids is 1. The van der Waals surface area contributed by atoms with Crippen LogP contribution in [0.25, 0.3) is 0 Å². The molecule has 0 aromatic heterocycles. The summed E-state index contributed by atoms with van der Waals surface area (Å²) >= 11 is 11.2. The van der Waals surface area contributed by atoms with Crippen LogP contribution in [0.2, 0.25) is 5.02 Å². The van der Waals surface area contributed by atoms with Gasteiger partial charge in [0.1, 0.15) is 6.16 Å². The maximum Gasteiger partial charge on any atom is 0.243 e. The summed E-state index contributed by atoms with van der Waals surface area (Å²) in [5, 5.41) is 0.909. The molecule has 1 atom stereocenters. The van der Waals surface area contributed by atoms with Crippen LogP contribution in [-0.2, 0) is 13.9 Å². The molecule has 1 aromatic carbocycles. The first-order chi connectivity index (χ1) is 8.51. The molecular weight excluding hydrogens is 298 g/mol. The Morgan fingerprint density at radius 1 is 1.39 bits per heavy atom. The molecule has 3 N–H and O–H groups in total. The highest BCUT2D eigenvalue weighted by Crippen LogP contribution is 2.45. The molecule has 18 heavy (non-hydrogen) atoms. The van der Waals surface area contributed by atoms with Crippen LogP contribution in [0.1, 0.15) is 0 Å². The Bertz CT molecular complexity index is 453. The molecule has 5 nitrogen and oxygen atoms in total. The van der Waals surface area contributed by atoms with E-state index in [9.17, 15) is 9.36 Å². The zero-order valence-corrected chi connectivity index (χ0v) is 11.8. The van der Waals surface area contributed by atoms with Crippen LogP contribution >= 0.6 is 30.6 Å². The van der Waals surface area contributed by atoms with E-state index in [1.165, 1.54) is 0 Å².